The predicted molar refractivity (Wildman–Crippen MR) is 114 cm³/mol. The van der Waals surface area contributed by atoms with Gasteiger partial charge in [0, 0.05) is 16.9 Å². The van der Waals surface area contributed by atoms with Gasteiger partial charge in [-0.3, -0.25) is 14.5 Å². The third-order valence-electron chi connectivity index (χ3n) is 5.15. The molecule has 0 bridgehead atoms. The van der Waals surface area contributed by atoms with Crippen LogP contribution in [0.25, 0.3) is 0 Å². The average molecular weight is 402 g/mol. The number of amides is 2. The Kier molecular flexibility index (Phi) is 4.10. The first-order valence-electron chi connectivity index (χ1n) is 9.35. The van der Waals surface area contributed by atoms with E-state index < -0.39 is 4.87 Å². The highest BCUT2D eigenvalue weighted by Crippen LogP contribution is 2.56. The van der Waals surface area contributed by atoms with E-state index in [1.807, 2.05) is 85.8 Å². The fourth-order valence-corrected chi connectivity index (χ4v) is 5.33. The normalized spacial score (nSPS) is 22.7. The van der Waals surface area contributed by atoms with Crippen molar-refractivity contribution in [1.29, 1.82) is 0 Å². The average Bonchev–Trinajstić information content (AvgIpc) is 3.17. The van der Waals surface area contributed by atoms with Crippen molar-refractivity contribution >= 4 is 35.0 Å². The summed E-state index contributed by atoms with van der Waals surface area (Å²) >= 11 is 1.38. The smallest absolute Gasteiger partial charge is 0.266 e. The van der Waals surface area contributed by atoms with Gasteiger partial charge < -0.3 is 10.1 Å². The van der Waals surface area contributed by atoms with Crippen LogP contribution in [0.15, 0.2) is 78.9 Å². The molecule has 0 aliphatic carbocycles. The van der Waals surface area contributed by atoms with Gasteiger partial charge in [-0.1, -0.05) is 36.4 Å². The first kappa shape index (κ1) is 17.8. The Bertz CT molecular complexity index is 1100. The second-order valence-electron chi connectivity index (χ2n) is 6.99. The number of ether oxygens (including phenoxy) is 1. The van der Waals surface area contributed by atoms with E-state index in [0.717, 1.165) is 17.0 Å². The lowest BCUT2D eigenvalue weighted by molar-refractivity contribution is -0.122. The quantitative estimate of drug-likeness (QED) is 0.687. The molecule has 1 N–H and O–H groups in total. The number of fused-ring (bicyclic) bond motifs is 2. The molecule has 2 heterocycles. The molecule has 2 amide bonds. The van der Waals surface area contributed by atoms with Crippen molar-refractivity contribution in [3.8, 4) is 11.5 Å². The third-order valence-corrected chi connectivity index (χ3v) is 6.64. The van der Waals surface area contributed by atoms with Crippen molar-refractivity contribution in [2.45, 2.75) is 17.0 Å². The summed E-state index contributed by atoms with van der Waals surface area (Å²) in [4.78, 5) is 26.7. The van der Waals surface area contributed by atoms with Gasteiger partial charge in [-0.05, 0) is 49.4 Å². The number of nitrogens with one attached hydrogen (secondary N) is 1. The molecule has 0 radical (unpaired) electrons. The molecular formula is C23H18N2O3S. The molecule has 2 atom stereocenters. The summed E-state index contributed by atoms with van der Waals surface area (Å²) in [5.74, 6) is 1.13. The minimum absolute atomic E-state index is 0.0846. The summed E-state index contributed by atoms with van der Waals surface area (Å²) in [7, 11) is 0. The van der Waals surface area contributed by atoms with Gasteiger partial charge in [0.1, 0.15) is 11.5 Å². The molecule has 2 aliphatic rings. The number of carbonyl (C=O) groups excluding carboxylic acids is 2. The fraction of sp³-hybridized carbons (Fsp3) is 0.130. The molecule has 1 spiro atoms. The van der Waals surface area contributed by atoms with Crippen LogP contribution in [0.2, 0.25) is 0 Å². The number of hydrogen-bond acceptors (Lipinski definition) is 4. The molecule has 2 aliphatic heterocycles. The molecule has 1 saturated heterocycles. The summed E-state index contributed by atoms with van der Waals surface area (Å²) in [5, 5.41) is 2.61. The van der Waals surface area contributed by atoms with Crippen molar-refractivity contribution in [3.63, 3.8) is 0 Å². The highest BCUT2D eigenvalue weighted by Gasteiger charge is 2.60. The maximum atomic E-state index is 13.1. The lowest BCUT2D eigenvalue weighted by atomic mass is 10.0. The molecule has 0 aromatic heterocycles. The number of anilines is 2. The Morgan fingerprint density at radius 3 is 2.31 bits per heavy atom. The lowest BCUT2D eigenvalue weighted by Crippen LogP contribution is -2.47. The van der Waals surface area contributed by atoms with E-state index in [1.54, 1.807) is 4.90 Å². The second-order valence-corrected chi connectivity index (χ2v) is 8.52. The van der Waals surface area contributed by atoms with Crippen LogP contribution >= 0.6 is 11.8 Å². The molecule has 3 aromatic carbocycles. The molecule has 144 valence electrons. The van der Waals surface area contributed by atoms with E-state index in [0.29, 0.717) is 11.4 Å². The van der Waals surface area contributed by atoms with Crippen molar-refractivity contribution in [2.24, 2.45) is 0 Å². The maximum absolute atomic E-state index is 13.1. The van der Waals surface area contributed by atoms with Crippen LogP contribution in [0.4, 0.5) is 11.4 Å². The summed E-state index contributed by atoms with van der Waals surface area (Å²) in [6, 6.07) is 24.3. The zero-order valence-corrected chi connectivity index (χ0v) is 16.5. The van der Waals surface area contributed by atoms with Crippen LogP contribution in [0.1, 0.15) is 12.5 Å². The van der Waals surface area contributed by atoms with Crippen LogP contribution in [0.5, 0.6) is 11.5 Å². The highest BCUT2D eigenvalue weighted by molar-refractivity contribution is 8.03. The first-order valence-corrected chi connectivity index (χ1v) is 10.2. The minimum Gasteiger partial charge on any atom is -0.457 e. The molecule has 5 nitrogen and oxygen atoms in total. The van der Waals surface area contributed by atoms with E-state index in [1.165, 1.54) is 11.8 Å². The number of carbonyl (C=O) groups is 2. The van der Waals surface area contributed by atoms with Crippen LogP contribution in [-0.2, 0) is 14.5 Å². The van der Waals surface area contributed by atoms with Gasteiger partial charge >= 0.3 is 0 Å². The predicted octanol–water partition coefficient (Wildman–Crippen LogP) is 4.75. The largest absolute Gasteiger partial charge is 0.457 e. The number of hydrogen-bond donors (Lipinski definition) is 1. The highest BCUT2D eigenvalue weighted by atomic mass is 32.2. The zero-order valence-electron chi connectivity index (χ0n) is 15.7. The number of para-hydroxylation sites is 2. The molecule has 6 heteroatoms. The second kappa shape index (κ2) is 6.67. The topological polar surface area (TPSA) is 58.6 Å². The standard InChI is InChI=1S/C23H18N2O3S/c1-15-21(26)25(23(29-15)19-9-5-6-10-20(19)24-22(23)27)16-11-13-18(14-12-16)28-17-7-3-2-4-8-17/h2-15H,1H3,(H,24,27). The third kappa shape index (κ3) is 2.71. The maximum Gasteiger partial charge on any atom is 0.266 e. The van der Waals surface area contributed by atoms with Crippen molar-refractivity contribution < 1.29 is 14.3 Å². The van der Waals surface area contributed by atoms with Gasteiger partial charge in [0.15, 0.2) is 0 Å². The molecule has 3 aromatic rings. The zero-order chi connectivity index (χ0) is 20.0. The molecule has 29 heavy (non-hydrogen) atoms. The van der Waals surface area contributed by atoms with Gasteiger partial charge in [-0.2, -0.15) is 0 Å². The van der Waals surface area contributed by atoms with Gasteiger partial charge in [-0.15, -0.1) is 11.8 Å². The van der Waals surface area contributed by atoms with Gasteiger partial charge in [0.2, 0.25) is 10.8 Å². The van der Waals surface area contributed by atoms with Gasteiger partial charge in [0.25, 0.3) is 5.91 Å². The van der Waals surface area contributed by atoms with E-state index in [-0.39, 0.29) is 17.1 Å². The van der Waals surface area contributed by atoms with Crippen LogP contribution in [0.3, 0.4) is 0 Å². The van der Waals surface area contributed by atoms with E-state index in [2.05, 4.69) is 5.32 Å². The van der Waals surface area contributed by atoms with E-state index in [4.69, 9.17) is 4.74 Å². The van der Waals surface area contributed by atoms with Gasteiger partial charge in [-0.25, -0.2) is 0 Å². The summed E-state index contributed by atoms with van der Waals surface area (Å²) < 4.78 is 5.85. The number of nitrogens with zero attached hydrogens (tertiary/aromatic N) is 1. The Balaban J connectivity index is 1.54. The molecular weight excluding hydrogens is 384 g/mol. The molecule has 0 saturated carbocycles. The Hall–Kier alpha value is -3.25. The molecule has 5 rings (SSSR count). The number of thioether (sulfide) groups is 1. The van der Waals surface area contributed by atoms with E-state index in [9.17, 15) is 9.59 Å². The molecule has 1 fully saturated rings. The molecule has 2 unspecified atom stereocenters. The minimum atomic E-state index is -1.09. The van der Waals surface area contributed by atoms with Crippen molar-refractivity contribution in [2.75, 3.05) is 10.2 Å². The summed E-state index contributed by atoms with van der Waals surface area (Å²) in [6.07, 6.45) is 0. The first-order chi connectivity index (χ1) is 14.1. The fourth-order valence-electron chi connectivity index (χ4n) is 3.85. The van der Waals surface area contributed by atoms with Gasteiger partial charge in [0.05, 0.1) is 5.25 Å². The van der Waals surface area contributed by atoms with Crippen molar-refractivity contribution in [3.05, 3.63) is 84.4 Å². The number of rotatable bonds is 3. The lowest BCUT2D eigenvalue weighted by Gasteiger charge is -2.32. The Morgan fingerprint density at radius 1 is 0.897 bits per heavy atom. The van der Waals surface area contributed by atoms with Crippen LogP contribution in [0, 0.1) is 0 Å². The Morgan fingerprint density at radius 2 is 1.55 bits per heavy atom. The summed E-state index contributed by atoms with van der Waals surface area (Å²) in [6.45, 7) is 1.84. The summed E-state index contributed by atoms with van der Waals surface area (Å²) in [5.41, 5.74) is 2.23. The van der Waals surface area contributed by atoms with Crippen LogP contribution in [-0.4, -0.2) is 17.1 Å². The Labute approximate surface area is 172 Å². The van der Waals surface area contributed by atoms with Crippen LogP contribution < -0.4 is 15.0 Å². The SMILES string of the molecule is CC1SC2(C(=O)Nc3ccccc32)N(c2ccc(Oc3ccccc3)cc2)C1=O. The van der Waals surface area contributed by atoms with Crippen molar-refractivity contribution in [1.82, 2.24) is 0 Å². The monoisotopic (exact) mass is 402 g/mol. The number of benzene rings is 3. The van der Waals surface area contributed by atoms with E-state index >= 15 is 0 Å².